The van der Waals surface area contributed by atoms with Crippen molar-refractivity contribution >= 4 is 11.9 Å². The van der Waals surface area contributed by atoms with E-state index in [4.69, 9.17) is 9.84 Å². The molecule has 1 N–H and O–H groups in total. The van der Waals surface area contributed by atoms with Crippen LogP contribution in [0.25, 0.3) is 0 Å². The molecule has 1 rings (SSSR count). The standard InChI is InChI=1S/C8H9NO5/c1-4(2)13-8(12)5-3-6(7(10)11)14-9-5/h3-4H,1-2H3,(H,10,11). The predicted octanol–water partition coefficient (Wildman–Crippen LogP) is 0.938. The minimum atomic E-state index is -1.28. The Morgan fingerprint density at radius 3 is 2.64 bits per heavy atom. The van der Waals surface area contributed by atoms with E-state index >= 15 is 0 Å². The zero-order valence-electron chi connectivity index (χ0n) is 7.68. The summed E-state index contributed by atoms with van der Waals surface area (Å²) in [4.78, 5) is 21.5. The van der Waals surface area contributed by atoms with Gasteiger partial charge in [0.1, 0.15) is 0 Å². The molecule has 0 unspecified atom stereocenters. The maximum absolute atomic E-state index is 11.2. The normalized spacial score (nSPS) is 10.2. The topological polar surface area (TPSA) is 89.6 Å². The summed E-state index contributed by atoms with van der Waals surface area (Å²) >= 11 is 0. The molecule has 14 heavy (non-hydrogen) atoms. The summed E-state index contributed by atoms with van der Waals surface area (Å²) < 4.78 is 9.15. The molecule has 0 radical (unpaired) electrons. The van der Waals surface area contributed by atoms with Gasteiger partial charge in [0.2, 0.25) is 5.76 Å². The minimum absolute atomic E-state index is 0.142. The first-order valence-corrected chi connectivity index (χ1v) is 3.91. The van der Waals surface area contributed by atoms with Gasteiger partial charge in [0.05, 0.1) is 6.10 Å². The highest BCUT2D eigenvalue weighted by molar-refractivity contribution is 5.91. The van der Waals surface area contributed by atoms with Gasteiger partial charge in [-0.1, -0.05) is 5.16 Å². The zero-order chi connectivity index (χ0) is 10.7. The van der Waals surface area contributed by atoms with Gasteiger partial charge < -0.3 is 14.4 Å². The quantitative estimate of drug-likeness (QED) is 0.728. The Balaban J connectivity index is 2.76. The third-order valence-corrected chi connectivity index (χ3v) is 1.27. The van der Waals surface area contributed by atoms with Crippen LogP contribution in [0.2, 0.25) is 0 Å². The van der Waals surface area contributed by atoms with Crippen molar-refractivity contribution in [1.82, 2.24) is 5.16 Å². The second-order valence-electron chi connectivity index (χ2n) is 2.84. The molecule has 0 aliphatic heterocycles. The number of carboxylic acids is 1. The molecule has 0 saturated heterocycles. The van der Waals surface area contributed by atoms with Gasteiger partial charge in [0, 0.05) is 6.07 Å². The molecule has 0 fully saturated rings. The van der Waals surface area contributed by atoms with E-state index in [1.807, 2.05) is 0 Å². The number of aromatic nitrogens is 1. The van der Waals surface area contributed by atoms with E-state index in [2.05, 4.69) is 9.68 Å². The maximum atomic E-state index is 11.2. The third kappa shape index (κ3) is 2.32. The molecule has 0 saturated carbocycles. The van der Waals surface area contributed by atoms with E-state index in [-0.39, 0.29) is 17.6 Å². The number of esters is 1. The number of nitrogens with zero attached hydrogens (tertiary/aromatic N) is 1. The Hall–Kier alpha value is -1.85. The van der Waals surface area contributed by atoms with Crippen molar-refractivity contribution in [3.63, 3.8) is 0 Å². The number of carboxylic acid groups (broad SMARTS) is 1. The Bertz CT molecular complexity index is 354. The molecule has 0 aliphatic carbocycles. The van der Waals surface area contributed by atoms with Gasteiger partial charge in [0.25, 0.3) is 0 Å². The van der Waals surface area contributed by atoms with Crippen LogP contribution in [0.4, 0.5) is 0 Å². The van der Waals surface area contributed by atoms with E-state index in [9.17, 15) is 9.59 Å². The molecule has 0 amide bonds. The number of hydrogen-bond donors (Lipinski definition) is 1. The van der Waals surface area contributed by atoms with Crippen molar-refractivity contribution in [1.29, 1.82) is 0 Å². The van der Waals surface area contributed by atoms with Crippen molar-refractivity contribution in [3.8, 4) is 0 Å². The van der Waals surface area contributed by atoms with Crippen LogP contribution in [0.5, 0.6) is 0 Å². The van der Waals surface area contributed by atoms with E-state index in [0.717, 1.165) is 6.07 Å². The number of carbonyl (C=O) groups is 2. The average Bonchev–Trinajstić information content (AvgIpc) is 2.50. The lowest BCUT2D eigenvalue weighted by Gasteiger charge is -2.03. The third-order valence-electron chi connectivity index (χ3n) is 1.27. The molecule has 0 aliphatic rings. The van der Waals surface area contributed by atoms with Crippen molar-refractivity contribution < 1.29 is 24.0 Å². The SMILES string of the molecule is CC(C)OC(=O)c1cc(C(=O)O)on1. The zero-order valence-corrected chi connectivity index (χ0v) is 7.68. The van der Waals surface area contributed by atoms with Crippen LogP contribution < -0.4 is 0 Å². The summed E-state index contributed by atoms with van der Waals surface area (Å²) in [6.45, 7) is 3.35. The Morgan fingerprint density at radius 1 is 1.57 bits per heavy atom. The first-order chi connectivity index (χ1) is 6.50. The van der Waals surface area contributed by atoms with Gasteiger partial charge >= 0.3 is 11.9 Å². The lowest BCUT2D eigenvalue weighted by Crippen LogP contribution is -2.11. The summed E-state index contributed by atoms with van der Waals surface area (Å²) in [5, 5.41) is 11.7. The van der Waals surface area contributed by atoms with Crippen LogP contribution in [0.15, 0.2) is 10.6 Å². The van der Waals surface area contributed by atoms with Crippen LogP contribution in [0.1, 0.15) is 34.9 Å². The number of carbonyl (C=O) groups excluding carboxylic acids is 1. The summed E-state index contributed by atoms with van der Waals surface area (Å²) in [6.07, 6.45) is -0.285. The molecule has 0 spiro atoms. The number of rotatable bonds is 3. The molecule has 1 aromatic rings. The van der Waals surface area contributed by atoms with Crippen LogP contribution in [-0.2, 0) is 4.74 Å². The average molecular weight is 199 g/mol. The Morgan fingerprint density at radius 2 is 2.21 bits per heavy atom. The smallest absolute Gasteiger partial charge is 0.374 e. The van der Waals surface area contributed by atoms with Gasteiger partial charge in [0.15, 0.2) is 5.69 Å². The fourth-order valence-corrected chi connectivity index (χ4v) is 0.747. The van der Waals surface area contributed by atoms with E-state index in [0.29, 0.717) is 0 Å². The first kappa shape index (κ1) is 10.2. The van der Waals surface area contributed by atoms with Crippen LogP contribution in [-0.4, -0.2) is 28.3 Å². The van der Waals surface area contributed by atoms with Crippen molar-refractivity contribution in [2.24, 2.45) is 0 Å². The van der Waals surface area contributed by atoms with Gasteiger partial charge in [-0.25, -0.2) is 9.59 Å². The molecule has 76 valence electrons. The van der Waals surface area contributed by atoms with Crippen molar-refractivity contribution in [2.75, 3.05) is 0 Å². The highest BCUT2D eigenvalue weighted by Gasteiger charge is 2.18. The van der Waals surface area contributed by atoms with Crippen molar-refractivity contribution in [3.05, 3.63) is 17.5 Å². The van der Waals surface area contributed by atoms with E-state index < -0.39 is 11.9 Å². The molecule has 1 heterocycles. The molecule has 0 aromatic carbocycles. The summed E-state index contributed by atoms with van der Waals surface area (Å²) in [5.41, 5.74) is -0.142. The minimum Gasteiger partial charge on any atom is -0.475 e. The molecule has 6 nitrogen and oxygen atoms in total. The largest absolute Gasteiger partial charge is 0.475 e. The lowest BCUT2D eigenvalue weighted by molar-refractivity contribution is 0.0365. The van der Waals surface area contributed by atoms with Crippen LogP contribution >= 0.6 is 0 Å². The fraction of sp³-hybridized carbons (Fsp3) is 0.375. The van der Waals surface area contributed by atoms with Crippen LogP contribution in [0.3, 0.4) is 0 Å². The predicted molar refractivity (Wildman–Crippen MR) is 44.0 cm³/mol. The van der Waals surface area contributed by atoms with Crippen LogP contribution in [0, 0.1) is 0 Å². The number of aromatic carboxylic acids is 1. The lowest BCUT2D eigenvalue weighted by atomic mass is 10.3. The monoisotopic (exact) mass is 199 g/mol. The highest BCUT2D eigenvalue weighted by atomic mass is 16.5. The van der Waals surface area contributed by atoms with Gasteiger partial charge in [-0.3, -0.25) is 0 Å². The van der Waals surface area contributed by atoms with E-state index in [1.54, 1.807) is 13.8 Å². The summed E-state index contributed by atoms with van der Waals surface area (Å²) in [6, 6.07) is 1.02. The number of ether oxygens (including phenoxy) is 1. The van der Waals surface area contributed by atoms with E-state index in [1.165, 1.54) is 0 Å². The molecule has 0 bridgehead atoms. The molecule has 6 heteroatoms. The fourth-order valence-electron chi connectivity index (χ4n) is 0.747. The molecular weight excluding hydrogens is 190 g/mol. The molecule has 1 aromatic heterocycles. The summed E-state index contributed by atoms with van der Waals surface area (Å²) in [5.74, 6) is -2.36. The van der Waals surface area contributed by atoms with Gasteiger partial charge in [-0.2, -0.15) is 0 Å². The molecular formula is C8H9NO5. The first-order valence-electron chi connectivity index (χ1n) is 3.91. The number of hydrogen-bond acceptors (Lipinski definition) is 5. The van der Waals surface area contributed by atoms with Gasteiger partial charge in [-0.05, 0) is 13.8 Å². The maximum Gasteiger partial charge on any atom is 0.374 e. The molecule has 0 atom stereocenters. The second kappa shape index (κ2) is 3.91. The second-order valence-corrected chi connectivity index (χ2v) is 2.84. The Labute approximate surface area is 79.5 Å². The Kier molecular flexibility index (Phi) is 2.85. The van der Waals surface area contributed by atoms with Crippen molar-refractivity contribution in [2.45, 2.75) is 20.0 Å². The van der Waals surface area contributed by atoms with Gasteiger partial charge in [-0.15, -0.1) is 0 Å². The summed E-state index contributed by atoms with van der Waals surface area (Å²) in [7, 11) is 0. The highest BCUT2D eigenvalue weighted by Crippen LogP contribution is 2.06.